The molecule has 0 bridgehead atoms. The van der Waals surface area contributed by atoms with E-state index in [1.54, 1.807) is 6.26 Å². The van der Waals surface area contributed by atoms with E-state index in [4.69, 9.17) is 14.1 Å². The van der Waals surface area contributed by atoms with Crippen molar-refractivity contribution in [1.82, 2.24) is 10.6 Å². The van der Waals surface area contributed by atoms with Crippen LogP contribution in [0.15, 0.2) is 76.3 Å². The molecule has 34 heavy (non-hydrogen) atoms. The zero-order valence-corrected chi connectivity index (χ0v) is 22.2. The average Bonchev–Trinajstić information content (AvgIpc) is 3.32. The molecule has 7 nitrogen and oxygen atoms in total. The Labute approximate surface area is 218 Å². The van der Waals surface area contributed by atoms with E-state index in [1.807, 2.05) is 81.4 Å². The van der Waals surface area contributed by atoms with E-state index in [0.717, 1.165) is 29.2 Å². The highest BCUT2D eigenvalue weighted by atomic mass is 127. The molecule has 0 radical (unpaired) electrons. The van der Waals surface area contributed by atoms with Gasteiger partial charge in [-0.2, -0.15) is 0 Å². The van der Waals surface area contributed by atoms with Crippen LogP contribution in [0.2, 0.25) is 0 Å². The molecule has 0 atom stereocenters. The Morgan fingerprint density at radius 2 is 1.76 bits per heavy atom. The first-order chi connectivity index (χ1) is 16.0. The smallest absolute Gasteiger partial charge is 0.251 e. The van der Waals surface area contributed by atoms with Gasteiger partial charge in [-0.05, 0) is 74.9 Å². The van der Waals surface area contributed by atoms with E-state index < -0.39 is 0 Å². The van der Waals surface area contributed by atoms with E-state index in [2.05, 4.69) is 16.0 Å². The van der Waals surface area contributed by atoms with Crippen molar-refractivity contribution < 1.29 is 13.9 Å². The second kappa shape index (κ2) is 14.3. The minimum atomic E-state index is -0.0700. The van der Waals surface area contributed by atoms with Crippen molar-refractivity contribution in [3.63, 3.8) is 0 Å². The summed E-state index contributed by atoms with van der Waals surface area (Å²) in [5.74, 6) is 2.33. The Morgan fingerprint density at radius 3 is 2.38 bits per heavy atom. The minimum absolute atomic E-state index is 0. The zero-order chi connectivity index (χ0) is 23.5. The fraction of sp³-hybridized carbons (Fsp3) is 0.308. The minimum Gasteiger partial charge on any atom is -0.491 e. The molecular weight excluding hydrogens is 543 g/mol. The molecule has 0 unspecified atom stereocenters. The molecule has 0 saturated carbocycles. The van der Waals surface area contributed by atoms with Gasteiger partial charge in [0.05, 0.1) is 18.9 Å². The number of carbonyl (C=O) groups excluding carboxylic acids is 1. The van der Waals surface area contributed by atoms with Crippen LogP contribution in [0.5, 0.6) is 5.75 Å². The molecule has 1 aromatic heterocycles. The van der Waals surface area contributed by atoms with Crippen molar-refractivity contribution in [2.24, 2.45) is 4.99 Å². The maximum absolute atomic E-state index is 11.9. The molecule has 0 aliphatic heterocycles. The number of ether oxygens (including phenoxy) is 1. The lowest BCUT2D eigenvalue weighted by molar-refractivity contribution is 0.0956. The number of hydrogen-bond donors (Lipinski definition) is 3. The van der Waals surface area contributed by atoms with Crippen molar-refractivity contribution >= 4 is 41.5 Å². The molecule has 2 aromatic carbocycles. The van der Waals surface area contributed by atoms with Gasteiger partial charge in [-0.15, -0.1) is 24.0 Å². The van der Waals surface area contributed by atoms with Crippen molar-refractivity contribution in [3.8, 4) is 5.75 Å². The standard InChI is InChI=1S/C26H32N4O3.HI/c1-4-27-25(31)21-9-7-20(8-10-21)18-29-26(28-16-15-23-6-5-17-32-23)30-22-11-13-24(14-12-22)33-19(2)3;/h5-14,17,19H,4,15-16,18H2,1-3H3,(H,27,31)(H2,28,29,30);1H. The van der Waals surface area contributed by atoms with Crippen LogP contribution in [-0.2, 0) is 13.0 Å². The van der Waals surface area contributed by atoms with Crippen molar-refractivity contribution in [2.45, 2.75) is 39.8 Å². The predicted octanol–water partition coefficient (Wildman–Crippen LogP) is 5.23. The Kier molecular flexibility index (Phi) is 11.5. The average molecular weight is 576 g/mol. The summed E-state index contributed by atoms with van der Waals surface area (Å²) in [6.45, 7) is 7.66. The molecule has 0 aliphatic carbocycles. The highest BCUT2D eigenvalue weighted by molar-refractivity contribution is 14.0. The summed E-state index contributed by atoms with van der Waals surface area (Å²) in [4.78, 5) is 16.7. The Bertz CT molecular complexity index is 1020. The van der Waals surface area contributed by atoms with Crippen molar-refractivity contribution in [3.05, 3.63) is 83.8 Å². The lowest BCUT2D eigenvalue weighted by Crippen LogP contribution is -2.32. The van der Waals surface area contributed by atoms with Gasteiger partial charge < -0.3 is 25.1 Å². The van der Waals surface area contributed by atoms with E-state index in [1.165, 1.54) is 0 Å². The molecule has 0 saturated heterocycles. The number of amides is 1. The summed E-state index contributed by atoms with van der Waals surface area (Å²) in [6, 6.07) is 19.1. The monoisotopic (exact) mass is 576 g/mol. The van der Waals surface area contributed by atoms with Gasteiger partial charge in [-0.3, -0.25) is 4.79 Å². The first-order valence-corrected chi connectivity index (χ1v) is 11.2. The Balaban J connectivity index is 0.00000408. The van der Waals surface area contributed by atoms with Gasteiger partial charge in [-0.1, -0.05) is 12.1 Å². The Morgan fingerprint density at radius 1 is 1.03 bits per heavy atom. The van der Waals surface area contributed by atoms with Crippen molar-refractivity contribution in [1.29, 1.82) is 0 Å². The number of hydrogen-bond acceptors (Lipinski definition) is 4. The van der Waals surface area contributed by atoms with Crippen molar-refractivity contribution in [2.75, 3.05) is 18.4 Å². The summed E-state index contributed by atoms with van der Waals surface area (Å²) >= 11 is 0. The number of halogens is 1. The normalized spacial score (nSPS) is 11.0. The van der Waals surface area contributed by atoms with Crippen LogP contribution in [0.25, 0.3) is 0 Å². The lowest BCUT2D eigenvalue weighted by atomic mass is 10.1. The molecule has 3 aromatic rings. The summed E-state index contributed by atoms with van der Waals surface area (Å²) in [6.07, 6.45) is 2.55. The second-order valence-electron chi connectivity index (χ2n) is 7.79. The molecule has 8 heteroatoms. The number of aliphatic imine (C=N–C) groups is 1. The number of rotatable bonds is 10. The molecule has 0 aliphatic rings. The van der Waals surface area contributed by atoms with Crippen LogP contribution in [0.1, 0.15) is 42.5 Å². The maximum Gasteiger partial charge on any atom is 0.251 e. The summed E-state index contributed by atoms with van der Waals surface area (Å²) in [5.41, 5.74) is 2.56. The first kappa shape index (κ1) is 27.2. The van der Waals surface area contributed by atoms with Gasteiger partial charge in [0, 0.05) is 30.8 Å². The zero-order valence-electron chi connectivity index (χ0n) is 19.8. The van der Waals surface area contributed by atoms with Gasteiger partial charge in [0.1, 0.15) is 11.5 Å². The van der Waals surface area contributed by atoms with Crippen LogP contribution < -0.4 is 20.7 Å². The largest absolute Gasteiger partial charge is 0.491 e. The molecular formula is C26H33IN4O3. The molecule has 0 fully saturated rings. The van der Waals surface area contributed by atoms with Crippen LogP contribution in [0.3, 0.4) is 0 Å². The summed E-state index contributed by atoms with van der Waals surface area (Å²) in [7, 11) is 0. The van der Waals surface area contributed by atoms with E-state index in [9.17, 15) is 4.79 Å². The highest BCUT2D eigenvalue weighted by Crippen LogP contribution is 2.17. The number of carbonyl (C=O) groups is 1. The third-order valence-corrected chi connectivity index (χ3v) is 4.71. The van der Waals surface area contributed by atoms with E-state index in [0.29, 0.717) is 31.2 Å². The summed E-state index contributed by atoms with van der Waals surface area (Å²) < 4.78 is 11.1. The number of nitrogens with one attached hydrogen (secondary N) is 3. The fourth-order valence-electron chi connectivity index (χ4n) is 3.12. The van der Waals surface area contributed by atoms with Gasteiger partial charge in [0.2, 0.25) is 0 Å². The summed E-state index contributed by atoms with van der Waals surface area (Å²) in [5, 5.41) is 9.50. The third-order valence-electron chi connectivity index (χ3n) is 4.71. The third kappa shape index (κ3) is 9.09. The number of furan rings is 1. The predicted molar refractivity (Wildman–Crippen MR) is 147 cm³/mol. The van der Waals surface area contributed by atoms with Gasteiger partial charge in [0.25, 0.3) is 5.91 Å². The van der Waals surface area contributed by atoms with Crippen LogP contribution in [0.4, 0.5) is 5.69 Å². The molecule has 182 valence electrons. The highest BCUT2D eigenvalue weighted by Gasteiger charge is 2.06. The SMILES string of the molecule is CCNC(=O)c1ccc(CN=C(NCCc2ccco2)Nc2ccc(OC(C)C)cc2)cc1.I. The van der Waals surface area contributed by atoms with Crippen LogP contribution in [0, 0.1) is 0 Å². The Hall–Kier alpha value is -3.01. The number of benzene rings is 2. The number of nitrogens with zero attached hydrogens (tertiary/aromatic N) is 1. The molecule has 3 N–H and O–H groups in total. The van der Waals surface area contributed by atoms with Gasteiger partial charge >= 0.3 is 0 Å². The fourth-order valence-corrected chi connectivity index (χ4v) is 3.12. The van der Waals surface area contributed by atoms with Gasteiger partial charge in [0.15, 0.2) is 5.96 Å². The molecule has 0 spiro atoms. The molecule has 1 amide bonds. The van der Waals surface area contributed by atoms with E-state index >= 15 is 0 Å². The number of anilines is 1. The second-order valence-corrected chi connectivity index (χ2v) is 7.79. The first-order valence-electron chi connectivity index (χ1n) is 11.2. The molecule has 3 rings (SSSR count). The topological polar surface area (TPSA) is 87.9 Å². The van der Waals surface area contributed by atoms with Crippen LogP contribution in [-0.4, -0.2) is 31.1 Å². The quantitative estimate of drug-likeness (QED) is 0.175. The van der Waals surface area contributed by atoms with Gasteiger partial charge in [-0.25, -0.2) is 4.99 Å². The lowest BCUT2D eigenvalue weighted by Gasteiger charge is -2.14. The number of guanidine groups is 1. The van der Waals surface area contributed by atoms with Crippen LogP contribution >= 0.6 is 24.0 Å². The molecule has 1 heterocycles. The maximum atomic E-state index is 11.9. The van der Waals surface area contributed by atoms with E-state index in [-0.39, 0.29) is 36.0 Å².